The van der Waals surface area contributed by atoms with E-state index in [1.807, 2.05) is 7.05 Å². The molecule has 2 atom stereocenters. The summed E-state index contributed by atoms with van der Waals surface area (Å²) < 4.78 is 6.24. The van der Waals surface area contributed by atoms with E-state index in [1.165, 1.54) is 0 Å². The number of likely N-dealkylation sites (N-methyl/N-ethyl adjacent to an activating group) is 1. The normalized spacial score (nSPS) is 18.2. The summed E-state index contributed by atoms with van der Waals surface area (Å²) in [5.41, 5.74) is -0.431. The average molecular weight is 501 g/mol. The van der Waals surface area contributed by atoms with Gasteiger partial charge in [0.1, 0.15) is 17.6 Å². The van der Waals surface area contributed by atoms with Crippen LogP contribution in [0.15, 0.2) is 11.8 Å². The van der Waals surface area contributed by atoms with Gasteiger partial charge in [0.15, 0.2) is 0 Å². The van der Waals surface area contributed by atoms with E-state index < -0.39 is 0 Å². The maximum Gasteiger partial charge on any atom is 0.224 e. The Labute approximate surface area is 210 Å². The van der Waals surface area contributed by atoms with Crippen LogP contribution in [0.3, 0.4) is 0 Å². The number of nitrogens with one attached hydrogen (secondary N) is 2. The van der Waals surface area contributed by atoms with Crippen LogP contribution < -0.4 is 10.6 Å². The second-order valence-electron chi connectivity index (χ2n) is 10.6. The number of ether oxygens (including phenoxy) is 1. The van der Waals surface area contributed by atoms with Crippen molar-refractivity contribution < 1.29 is 14.3 Å². The predicted molar refractivity (Wildman–Crippen MR) is 145 cm³/mol. The minimum Gasteiger partial charge on any atom is -0.491 e. The Morgan fingerprint density at radius 3 is 2.30 bits per heavy atom. The second-order valence-corrected chi connectivity index (χ2v) is 13.2. The topological polar surface area (TPSA) is 67.4 Å². The van der Waals surface area contributed by atoms with Crippen molar-refractivity contribution in [2.45, 2.75) is 98.1 Å². The largest absolute Gasteiger partial charge is 0.491 e. The Morgan fingerprint density at radius 2 is 1.79 bits per heavy atom. The van der Waals surface area contributed by atoms with E-state index in [4.69, 9.17) is 4.74 Å². The molecule has 192 valence electrons. The molecule has 0 bridgehead atoms. The molecule has 1 aliphatic rings. The lowest BCUT2D eigenvalue weighted by Gasteiger charge is -2.28. The van der Waals surface area contributed by atoms with Gasteiger partial charge in [-0.2, -0.15) is 0 Å². The van der Waals surface area contributed by atoms with Crippen molar-refractivity contribution in [2.75, 3.05) is 25.1 Å². The SMILES string of the molecule is CCC/C=C(/OC(C)(C)C)C(CSSCC(C(=O)NCCC1(C=O)CCCC1)C(C)C)NC. The molecular weight excluding hydrogens is 452 g/mol. The van der Waals surface area contributed by atoms with E-state index in [1.54, 1.807) is 21.6 Å². The quantitative estimate of drug-likeness (QED) is 0.117. The van der Waals surface area contributed by atoms with Gasteiger partial charge in [-0.3, -0.25) is 4.79 Å². The molecule has 0 aliphatic heterocycles. The van der Waals surface area contributed by atoms with Gasteiger partial charge in [0.05, 0.1) is 12.0 Å². The average Bonchev–Trinajstić information content (AvgIpc) is 3.22. The zero-order chi connectivity index (χ0) is 24.9. The van der Waals surface area contributed by atoms with Crippen molar-refractivity contribution in [1.29, 1.82) is 0 Å². The molecule has 0 heterocycles. The molecule has 5 nitrogen and oxygen atoms in total. The van der Waals surface area contributed by atoms with E-state index in [-0.39, 0.29) is 34.8 Å². The van der Waals surface area contributed by atoms with Gasteiger partial charge in [-0.1, -0.05) is 61.6 Å². The molecule has 33 heavy (non-hydrogen) atoms. The zero-order valence-corrected chi connectivity index (χ0v) is 23.6. The third-order valence-corrected chi connectivity index (χ3v) is 8.68. The number of unbranched alkanes of at least 4 members (excludes halogenated alkanes) is 1. The first-order chi connectivity index (χ1) is 15.6. The van der Waals surface area contributed by atoms with Crippen molar-refractivity contribution in [3.8, 4) is 0 Å². The lowest BCUT2D eigenvalue weighted by molar-refractivity contribution is -0.126. The lowest BCUT2D eigenvalue weighted by atomic mass is 9.84. The summed E-state index contributed by atoms with van der Waals surface area (Å²) in [4.78, 5) is 24.4. The van der Waals surface area contributed by atoms with Crippen LogP contribution in [-0.2, 0) is 14.3 Å². The molecule has 1 rings (SSSR count). The summed E-state index contributed by atoms with van der Waals surface area (Å²) >= 11 is 0. The highest BCUT2D eigenvalue weighted by molar-refractivity contribution is 8.76. The molecule has 0 aromatic carbocycles. The molecule has 7 heteroatoms. The van der Waals surface area contributed by atoms with E-state index >= 15 is 0 Å². The Morgan fingerprint density at radius 1 is 1.15 bits per heavy atom. The molecule has 2 N–H and O–H groups in total. The van der Waals surface area contributed by atoms with Gasteiger partial charge in [-0.05, 0) is 65.5 Å². The highest BCUT2D eigenvalue weighted by Gasteiger charge is 2.33. The molecule has 0 aromatic rings. The minimum absolute atomic E-state index is 0.0350. The van der Waals surface area contributed by atoms with Crippen LogP contribution in [0, 0.1) is 17.3 Å². The first kappa shape index (κ1) is 30.4. The summed E-state index contributed by atoms with van der Waals surface area (Å²) in [5.74, 6) is 3.01. The Bertz CT molecular complexity index is 611. The van der Waals surface area contributed by atoms with Crippen molar-refractivity contribution in [3.63, 3.8) is 0 Å². The molecule has 0 spiro atoms. The summed E-state index contributed by atoms with van der Waals surface area (Å²) in [5, 5.41) is 6.51. The molecule has 0 radical (unpaired) electrons. The Kier molecular flexibility index (Phi) is 14.1. The van der Waals surface area contributed by atoms with Gasteiger partial charge >= 0.3 is 0 Å². The number of aldehydes is 1. The van der Waals surface area contributed by atoms with Crippen LogP contribution >= 0.6 is 21.6 Å². The lowest BCUT2D eigenvalue weighted by Crippen LogP contribution is -2.37. The van der Waals surface area contributed by atoms with Gasteiger partial charge in [0.25, 0.3) is 0 Å². The Balaban J connectivity index is 2.53. The first-order valence-electron chi connectivity index (χ1n) is 12.6. The highest BCUT2D eigenvalue weighted by Crippen LogP contribution is 2.38. The van der Waals surface area contributed by atoms with Gasteiger partial charge in [0, 0.05) is 23.5 Å². The fourth-order valence-electron chi connectivity index (χ4n) is 4.08. The van der Waals surface area contributed by atoms with E-state index in [0.717, 1.165) is 68.5 Å². The second kappa shape index (κ2) is 15.4. The van der Waals surface area contributed by atoms with Gasteiger partial charge in [0.2, 0.25) is 5.91 Å². The van der Waals surface area contributed by atoms with Crippen molar-refractivity contribution >= 4 is 33.8 Å². The maximum absolute atomic E-state index is 12.9. The number of hydrogen-bond acceptors (Lipinski definition) is 6. The number of allylic oxidation sites excluding steroid dienone is 1. The van der Waals surface area contributed by atoms with E-state index in [2.05, 4.69) is 58.3 Å². The third kappa shape index (κ3) is 11.5. The molecular formula is C26H48N2O3S2. The molecule has 0 aromatic heterocycles. The molecule has 0 saturated heterocycles. The maximum atomic E-state index is 12.9. The molecule has 2 unspecified atom stereocenters. The minimum atomic E-state index is -0.228. The number of carbonyl (C=O) groups excluding carboxylic acids is 2. The molecule has 1 amide bonds. The number of hydrogen-bond donors (Lipinski definition) is 2. The van der Waals surface area contributed by atoms with Gasteiger partial charge in [-0.15, -0.1) is 0 Å². The molecule has 1 aliphatic carbocycles. The van der Waals surface area contributed by atoms with Crippen LogP contribution in [-0.4, -0.2) is 48.9 Å². The number of amides is 1. The van der Waals surface area contributed by atoms with E-state index in [9.17, 15) is 9.59 Å². The third-order valence-electron chi connectivity index (χ3n) is 6.23. The fraction of sp³-hybridized carbons (Fsp3) is 0.846. The summed E-state index contributed by atoms with van der Waals surface area (Å²) in [6, 6.07) is 0.144. The zero-order valence-electron chi connectivity index (χ0n) is 22.0. The number of carbonyl (C=O) groups is 2. The van der Waals surface area contributed by atoms with Gasteiger partial charge in [-0.25, -0.2) is 0 Å². The molecule has 1 fully saturated rings. The van der Waals surface area contributed by atoms with Crippen LogP contribution in [0.25, 0.3) is 0 Å². The monoisotopic (exact) mass is 500 g/mol. The van der Waals surface area contributed by atoms with Gasteiger partial charge < -0.3 is 20.2 Å². The number of rotatable bonds is 16. The highest BCUT2D eigenvalue weighted by atomic mass is 33.1. The van der Waals surface area contributed by atoms with Crippen molar-refractivity contribution in [1.82, 2.24) is 10.6 Å². The first-order valence-corrected chi connectivity index (χ1v) is 15.1. The standard InChI is InChI=1S/C26H48N2O3S2/c1-8-9-12-23(31-25(4,5)6)22(27-7)18-33-32-17-21(20(2)3)24(30)28-16-15-26(19-29)13-10-11-14-26/h12,19-22,27H,8-11,13-18H2,1-7H3,(H,28,30)/b23-12+. The van der Waals surface area contributed by atoms with E-state index in [0.29, 0.717) is 6.54 Å². The summed E-state index contributed by atoms with van der Waals surface area (Å²) in [6.45, 7) is 13.2. The van der Waals surface area contributed by atoms with Crippen LogP contribution in [0.2, 0.25) is 0 Å². The smallest absolute Gasteiger partial charge is 0.224 e. The van der Waals surface area contributed by atoms with Crippen molar-refractivity contribution in [2.24, 2.45) is 17.3 Å². The Hall–Kier alpha value is -0.660. The summed E-state index contributed by atoms with van der Waals surface area (Å²) in [6.07, 6.45) is 10.4. The predicted octanol–water partition coefficient (Wildman–Crippen LogP) is 5.99. The summed E-state index contributed by atoms with van der Waals surface area (Å²) in [7, 11) is 5.53. The van der Waals surface area contributed by atoms with Crippen LogP contribution in [0.1, 0.15) is 86.5 Å². The fourth-order valence-corrected chi connectivity index (χ4v) is 6.85. The van der Waals surface area contributed by atoms with Crippen LogP contribution in [0.5, 0.6) is 0 Å². The molecule has 1 saturated carbocycles. The van der Waals surface area contributed by atoms with Crippen molar-refractivity contribution in [3.05, 3.63) is 11.8 Å². The van der Waals surface area contributed by atoms with Crippen LogP contribution in [0.4, 0.5) is 0 Å².